The van der Waals surface area contributed by atoms with Gasteiger partial charge in [0.1, 0.15) is 0 Å². The predicted molar refractivity (Wildman–Crippen MR) is 84.5 cm³/mol. The van der Waals surface area contributed by atoms with Crippen LogP contribution in [-0.2, 0) is 4.79 Å². The number of hydrogen-bond donors (Lipinski definition) is 2. The molecule has 0 aromatic heterocycles. The smallest absolute Gasteiger partial charge is 0.230 e. The Morgan fingerprint density at radius 2 is 2.05 bits per heavy atom. The van der Waals surface area contributed by atoms with Crippen molar-refractivity contribution in [3.05, 3.63) is 28.2 Å². The Morgan fingerprint density at radius 1 is 1.35 bits per heavy atom. The molecule has 1 aliphatic rings. The third-order valence-electron chi connectivity index (χ3n) is 3.95. The Hall–Kier alpha value is -0.770. The van der Waals surface area contributed by atoms with E-state index in [0.717, 1.165) is 38.8 Å². The van der Waals surface area contributed by atoms with Gasteiger partial charge in [-0.25, -0.2) is 0 Å². The lowest BCUT2D eigenvalue weighted by Crippen LogP contribution is -2.44. The van der Waals surface area contributed by atoms with Gasteiger partial charge in [-0.1, -0.05) is 36.5 Å². The minimum Gasteiger partial charge on any atom is -0.324 e. The van der Waals surface area contributed by atoms with Crippen molar-refractivity contribution >= 4 is 34.8 Å². The Bertz CT molecular complexity index is 479. The molecule has 1 heterocycles. The lowest BCUT2D eigenvalue weighted by atomic mass is 9.74. The van der Waals surface area contributed by atoms with Crippen molar-refractivity contribution in [2.75, 3.05) is 18.4 Å². The molecule has 0 saturated carbocycles. The molecule has 0 unspecified atom stereocenters. The van der Waals surface area contributed by atoms with E-state index in [2.05, 4.69) is 17.6 Å². The van der Waals surface area contributed by atoms with E-state index in [9.17, 15) is 4.79 Å². The standard InChI is InChI=1S/C15H20Cl2N2O/c1-2-5-15(6-8-18-9-7-15)14(20)19-13-10-11(16)3-4-12(13)17/h3-4,10,18H,2,5-9H2,1H3,(H,19,20). The van der Waals surface area contributed by atoms with E-state index in [1.54, 1.807) is 18.2 Å². The van der Waals surface area contributed by atoms with Gasteiger partial charge in [0.2, 0.25) is 5.91 Å². The van der Waals surface area contributed by atoms with Crippen LogP contribution >= 0.6 is 23.2 Å². The highest BCUT2D eigenvalue weighted by molar-refractivity contribution is 6.35. The average molecular weight is 315 g/mol. The number of piperidine rings is 1. The molecule has 1 aromatic rings. The van der Waals surface area contributed by atoms with E-state index in [1.807, 2.05) is 0 Å². The number of nitrogens with one attached hydrogen (secondary N) is 2. The maximum atomic E-state index is 12.7. The maximum absolute atomic E-state index is 12.7. The number of rotatable bonds is 4. The minimum absolute atomic E-state index is 0.0602. The summed E-state index contributed by atoms with van der Waals surface area (Å²) in [4.78, 5) is 12.7. The lowest BCUT2D eigenvalue weighted by Gasteiger charge is -2.36. The van der Waals surface area contributed by atoms with Gasteiger partial charge in [0.15, 0.2) is 0 Å². The van der Waals surface area contributed by atoms with Crippen LogP contribution in [0.2, 0.25) is 10.0 Å². The van der Waals surface area contributed by atoms with Gasteiger partial charge in [-0.3, -0.25) is 4.79 Å². The number of amides is 1. The van der Waals surface area contributed by atoms with Crippen molar-refractivity contribution in [3.8, 4) is 0 Å². The molecule has 20 heavy (non-hydrogen) atoms. The van der Waals surface area contributed by atoms with Gasteiger partial charge in [-0.15, -0.1) is 0 Å². The molecule has 1 aromatic carbocycles. The van der Waals surface area contributed by atoms with Gasteiger partial charge < -0.3 is 10.6 Å². The van der Waals surface area contributed by atoms with Crippen LogP contribution in [0.25, 0.3) is 0 Å². The largest absolute Gasteiger partial charge is 0.324 e. The Balaban J connectivity index is 2.18. The molecular formula is C15H20Cl2N2O. The van der Waals surface area contributed by atoms with Crippen molar-refractivity contribution < 1.29 is 4.79 Å². The van der Waals surface area contributed by atoms with Crippen LogP contribution < -0.4 is 10.6 Å². The average Bonchev–Trinajstić information content (AvgIpc) is 2.44. The number of benzene rings is 1. The Morgan fingerprint density at radius 3 is 2.70 bits per heavy atom. The summed E-state index contributed by atoms with van der Waals surface area (Å²) in [5.41, 5.74) is 0.309. The SMILES string of the molecule is CCCC1(C(=O)Nc2cc(Cl)ccc2Cl)CCNCC1. The predicted octanol–water partition coefficient (Wildman–Crippen LogP) is 4.10. The number of carbonyl (C=O) groups excluding carboxylic acids is 1. The highest BCUT2D eigenvalue weighted by Crippen LogP contribution is 2.36. The highest BCUT2D eigenvalue weighted by atomic mass is 35.5. The zero-order valence-electron chi connectivity index (χ0n) is 11.6. The van der Waals surface area contributed by atoms with E-state index in [4.69, 9.17) is 23.2 Å². The van der Waals surface area contributed by atoms with Crippen molar-refractivity contribution in [1.82, 2.24) is 5.32 Å². The third kappa shape index (κ3) is 3.46. The first-order chi connectivity index (χ1) is 9.57. The van der Waals surface area contributed by atoms with E-state index in [1.165, 1.54) is 0 Å². The zero-order chi connectivity index (χ0) is 14.6. The van der Waals surface area contributed by atoms with Crippen molar-refractivity contribution in [2.24, 2.45) is 5.41 Å². The van der Waals surface area contributed by atoms with Crippen LogP contribution in [-0.4, -0.2) is 19.0 Å². The molecule has 2 rings (SSSR count). The molecule has 0 bridgehead atoms. The second kappa shape index (κ2) is 6.79. The van der Waals surface area contributed by atoms with Crippen LogP contribution in [0.3, 0.4) is 0 Å². The van der Waals surface area contributed by atoms with Crippen molar-refractivity contribution in [2.45, 2.75) is 32.6 Å². The molecule has 1 aliphatic heterocycles. The maximum Gasteiger partial charge on any atom is 0.230 e. The van der Waals surface area contributed by atoms with Gasteiger partial charge in [0.05, 0.1) is 16.1 Å². The third-order valence-corrected chi connectivity index (χ3v) is 4.51. The molecule has 2 N–H and O–H groups in total. The lowest BCUT2D eigenvalue weighted by molar-refractivity contribution is -0.127. The number of carbonyl (C=O) groups is 1. The fourth-order valence-corrected chi connectivity index (χ4v) is 3.16. The second-order valence-electron chi connectivity index (χ2n) is 5.36. The summed E-state index contributed by atoms with van der Waals surface area (Å²) in [5, 5.41) is 7.36. The first-order valence-corrected chi connectivity index (χ1v) is 7.80. The van der Waals surface area contributed by atoms with Crippen LogP contribution in [0, 0.1) is 5.41 Å². The van der Waals surface area contributed by atoms with E-state index in [0.29, 0.717) is 15.7 Å². The summed E-state index contributed by atoms with van der Waals surface area (Å²) in [5.74, 6) is 0.0602. The first-order valence-electron chi connectivity index (χ1n) is 7.04. The van der Waals surface area contributed by atoms with Crippen LogP contribution in [0.15, 0.2) is 18.2 Å². The van der Waals surface area contributed by atoms with Crippen LogP contribution in [0.5, 0.6) is 0 Å². The van der Waals surface area contributed by atoms with Crippen LogP contribution in [0.4, 0.5) is 5.69 Å². The van der Waals surface area contributed by atoms with Crippen molar-refractivity contribution in [1.29, 1.82) is 0 Å². The molecule has 0 spiro atoms. The minimum atomic E-state index is -0.286. The highest BCUT2D eigenvalue weighted by Gasteiger charge is 2.38. The molecule has 1 amide bonds. The summed E-state index contributed by atoms with van der Waals surface area (Å²) in [6.45, 7) is 3.89. The van der Waals surface area contributed by atoms with E-state index < -0.39 is 0 Å². The summed E-state index contributed by atoms with van der Waals surface area (Å²) in [6, 6.07) is 5.11. The molecule has 5 heteroatoms. The van der Waals surface area contributed by atoms with Gasteiger partial charge in [-0.05, 0) is 50.6 Å². The second-order valence-corrected chi connectivity index (χ2v) is 6.20. The summed E-state index contributed by atoms with van der Waals surface area (Å²) in [6.07, 6.45) is 3.63. The fourth-order valence-electron chi connectivity index (χ4n) is 2.82. The molecular weight excluding hydrogens is 295 g/mol. The first kappa shape index (κ1) is 15.6. The topological polar surface area (TPSA) is 41.1 Å². The van der Waals surface area contributed by atoms with E-state index in [-0.39, 0.29) is 11.3 Å². The van der Waals surface area contributed by atoms with Gasteiger partial charge in [0.25, 0.3) is 0 Å². The Labute approximate surface area is 130 Å². The number of halogens is 2. The molecule has 0 aliphatic carbocycles. The van der Waals surface area contributed by atoms with Gasteiger partial charge in [-0.2, -0.15) is 0 Å². The Kier molecular flexibility index (Phi) is 5.30. The van der Waals surface area contributed by atoms with Crippen molar-refractivity contribution in [3.63, 3.8) is 0 Å². The van der Waals surface area contributed by atoms with E-state index >= 15 is 0 Å². The summed E-state index contributed by atoms with van der Waals surface area (Å²) >= 11 is 12.1. The summed E-state index contributed by atoms with van der Waals surface area (Å²) < 4.78 is 0. The molecule has 3 nitrogen and oxygen atoms in total. The number of hydrogen-bond acceptors (Lipinski definition) is 2. The number of anilines is 1. The summed E-state index contributed by atoms with van der Waals surface area (Å²) in [7, 11) is 0. The molecule has 1 fully saturated rings. The molecule has 0 radical (unpaired) electrons. The van der Waals surface area contributed by atoms with Gasteiger partial charge in [0, 0.05) is 5.02 Å². The van der Waals surface area contributed by atoms with Gasteiger partial charge >= 0.3 is 0 Å². The quantitative estimate of drug-likeness (QED) is 0.878. The molecule has 1 saturated heterocycles. The molecule has 110 valence electrons. The van der Waals surface area contributed by atoms with Crippen LogP contribution in [0.1, 0.15) is 32.6 Å². The monoisotopic (exact) mass is 314 g/mol. The zero-order valence-corrected chi connectivity index (χ0v) is 13.2. The fraction of sp³-hybridized carbons (Fsp3) is 0.533. The molecule has 0 atom stereocenters. The normalized spacial score (nSPS) is 17.8.